The zero-order valence-electron chi connectivity index (χ0n) is 12.7. The molecule has 118 valence electrons. The van der Waals surface area contributed by atoms with Gasteiger partial charge in [-0.1, -0.05) is 18.2 Å². The fourth-order valence-electron chi connectivity index (χ4n) is 1.70. The summed E-state index contributed by atoms with van der Waals surface area (Å²) in [6.07, 6.45) is -3.35. The van der Waals surface area contributed by atoms with Gasteiger partial charge in [0.25, 0.3) is 6.43 Å². The first-order valence-electron chi connectivity index (χ1n) is 6.66. The summed E-state index contributed by atoms with van der Waals surface area (Å²) in [4.78, 5) is 11.8. The van der Waals surface area contributed by atoms with Gasteiger partial charge in [-0.05, 0) is 45.7 Å². The van der Waals surface area contributed by atoms with E-state index in [9.17, 15) is 13.6 Å². The Bertz CT molecular complexity index is 497. The Balaban J connectivity index is 2.88. The molecule has 0 aliphatic rings. The standard InChI is InChI=1S/C15H22F2N2O2/c1-14(2,3)21-13(20)19-11-8-6-5-7-10(11)9-15(4,18)12(16)17/h5-8,12H,9,18H2,1-4H3,(H,19,20). The van der Waals surface area contributed by atoms with Crippen molar-refractivity contribution in [2.75, 3.05) is 5.32 Å². The first kappa shape index (κ1) is 17.4. The van der Waals surface area contributed by atoms with Gasteiger partial charge < -0.3 is 10.5 Å². The molecule has 1 aromatic carbocycles. The lowest BCUT2D eigenvalue weighted by Gasteiger charge is -2.25. The minimum absolute atomic E-state index is 0.0589. The number of hydrogen-bond acceptors (Lipinski definition) is 3. The van der Waals surface area contributed by atoms with Gasteiger partial charge in [-0.15, -0.1) is 0 Å². The van der Waals surface area contributed by atoms with Crippen molar-refractivity contribution >= 4 is 11.8 Å². The van der Waals surface area contributed by atoms with E-state index in [1.165, 1.54) is 6.92 Å². The molecule has 0 saturated heterocycles. The van der Waals surface area contributed by atoms with E-state index in [1.807, 2.05) is 0 Å². The predicted octanol–water partition coefficient (Wildman–Crippen LogP) is 3.56. The lowest BCUT2D eigenvalue weighted by molar-refractivity contribution is 0.0631. The van der Waals surface area contributed by atoms with Crippen LogP contribution >= 0.6 is 0 Å². The van der Waals surface area contributed by atoms with E-state index in [0.717, 1.165) is 0 Å². The van der Waals surface area contributed by atoms with Crippen molar-refractivity contribution in [3.63, 3.8) is 0 Å². The summed E-state index contributed by atoms with van der Waals surface area (Å²) in [5.41, 5.74) is 4.26. The first-order valence-corrected chi connectivity index (χ1v) is 6.66. The van der Waals surface area contributed by atoms with Crippen LogP contribution in [0.2, 0.25) is 0 Å². The van der Waals surface area contributed by atoms with Gasteiger partial charge in [0, 0.05) is 5.69 Å². The molecule has 0 spiro atoms. The number of benzene rings is 1. The highest BCUT2D eigenvalue weighted by molar-refractivity contribution is 5.86. The number of alkyl halides is 2. The first-order chi connectivity index (χ1) is 9.51. The molecule has 1 rings (SSSR count). The summed E-state index contributed by atoms with van der Waals surface area (Å²) in [6, 6.07) is 6.69. The van der Waals surface area contributed by atoms with Crippen molar-refractivity contribution in [2.45, 2.75) is 51.7 Å². The van der Waals surface area contributed by atoms with Gasteiger partial charge in [0.1, 0.15) is 5.60 Å². The highest BCUT2D eigenvalue weighted by Crippen LogP contribution is 2.24. The molecule has 0 aromatic heterocycles. The predicted molar refractivity (Wildman–Crippen MR) is 78.6 cm³/mol. The molecular formula is C15H22F2N2O2. The molecule has 0 fully saturated rings. The summed E-state index contributed by atoms with van der Waals surface area (Å²) < 4.78 is 30.9. The fourth-order valence-corrected chi connectivity index (χ4v) is 1.70. The van der Waals surface area contributed by atoms with Gasteiger partial charge in [0.2, 0.25) is 0 Å². The van der Waals surface area contributed by atoms with Crippen LogP contribution in [0.25, 0.3) is 0 Å². The molecule has 0 aliphatic carbocycles. The number of para-hydroxylation sites is 1. The molecule has 0 aliphatic heterocycles. The lowest BCUT2D eigenvalue weighted by Crippen LogP contribution is -2.46. The maximum atomic E-state index is 12.9. The van der Waals surface area contributed by atoms with Crippen LogP contribution in [0.4, 0.5) is 19.3 Å². The molecule has 0 saturated carbocycles. The molecule has 0 radical (unpaired) electrons. The third-order valence-corrected chi connectivity index (χ3v) is 2.72. The number of nitrogens with one attached hydrogen (secondary N) is 1. The second-order valence-corrected chi connectivity index (χ2v) is 6.27. The molecule has 0 heterocycles. The van der Waals surface area contributed by atoms with Crippen LogP contribution in [0.3, 0.4) is 0 Å². The van der Waals surface area contributed by atoms with Gasteiger partial charge in [-0.2, -0.15) is 0 Å². The van der Waals surface area contributed by atoms with E-state index in [4.69, 9.17) is 10.5 Å². The van der Waals surface area contributed by atoms with Crippen molar-refractivity contribution in [2.24, 2.45) is 5.73 Å². The van der Waals surface area contributed by atoms with E-state index < -0.39 is 23.7 Å². The maximum absolute atomic E-state index is 12.9. The van der Waals surface area contributed by atoms with Crippen LogP contribution in [0.5, 0.6) is 0 Å². The maximum Gasteiger partial charge on any atom is 0.412 e. The van der Waals surface area contributed by atoms with Crippen LogP contribution < -0.4 is 11.1 Å². The van der Waals surface area contributed by atoms with Crippen LogP contribution in [0.1, 0.15) is 33.3 Å². The number of carbonyl (C=O) groups excluding carboxylic acids is 1. The fraction of sp³-hybridized carbons (Fsp3) is 0.533. The molecule has 1 amide bonds. The molecule has 1 aromatic rings. The summed E-state index contributed by atoms with van der Waals surface area (Å²) in [5.74, 6) is 0. The van der Waals surface area contributed by atoms with Gasteiger partial charge in [-0.25, -0.2) is 13.6 Å². The van der Waals surface area contributed by atoms with Crippen LogP contribution in [-0.2, 0) is 11.2 Å². The Labute approximate surface area is 123 Å². The van der Waals surface area contributed by atoms with Gasteiger partial charge in [-0.3, -0.25) is 5.32 Å². The SMILES string of the molecule is CC(C)(C)OC(=O)Nc1ccccc1CC(C)(N)C(F)F. The smallest absolute Gasteiger partial charge is 0.412 e. The van der Waals surface area contributed by atoms with Gasteiger partial charge >= 0.3 is 6.09 Å². The minimum Gasteiger partial charge on any atom is -0.444 e. The molecule has 3 N–H and O–H groups in total. The average Bonchev–Trinajstić information content (AvgIpc) is 2.28. The third-order valence-electron chi connectivity index (χ3n) is 2.72. The Morgan fingerprint density at radius 1 is 1.29 bits per heavy atom. The molecule has 4 nitrogen and oxygen atoms in total. The number of carbonyl (C=O) groups is 1. The van der Waals surface area contributed by atoms with Crippen molar-refractivity contribution in [3.8, 4) is 0 Å². The zero-order valence-corrected chi connectivity index (χ0v) is 12.7. The second-order valence-electron chi connectivity index (χ2n) is 6.27. The lowest BCUT2D eigenvalue weighted by atomic mass is 9.93. The monoisotopic (exact) mass is 300 g/mol. The number of nitrogens with two attached hydrogens (primary N) is 1. The Morgan fingerprint density at radius 2 is 1.86 bits per heavy atom. The summed E-state index contributed by atoms with van der Waals surface area (Å²) >= 11 is 0. The van der Waals surface area contributed by atoms with Gasteiger partial charge in [0.05, 0.1) is 5.54 Å². The van der Waals surface area contributed by atoms with E-state index in [-0.39, 0.29) is 6.42 Å². The number of amides is 1. The second kappa shape index (κ2) is 6.39. The quantitative estimate of drug-likeness (QED) is 0.893. The number of rotatable bonds is 4. The van der Waals surface area contributed by atoms with Crippen LogP contribution in [0, 0.1) is 0 Å². The van der Waals surface area contributed by atoms with Gasteiger partial charge in [0.15, 0.2) is 0 Å². The number of anilines is 1. The molecule has 0 bridgehead atoms. The summed E-state index contributed by atoms with van der Waals surface area (Å²) in [6.45, 7) is 6.51. The third kappa shape index (κ3) is 5.67. The van der Waals surface area contributed by atoms with E-state index in [2.05, 4.69) is 5.32 Å². The summed E-state index contributed by atoms with van der Waals surface area (Å²) in [5, 5.41) is 2.57. The molecule has 1 atom stereocenters. The normalized spacial score (nSPS) is 14.7. The van der Waals surface area contributed by atoms with Crippen molar-refractivity contribution in [1.82, 2.24) is 0 Å². The Morgan fingerprint density at radius 3 is 2.38 bits per heavy atom. The van der Waals surface area contributed by atoms with Crippen molar-refractivity contribution in [3.05, 3.63) is 29.8 Å². The highest BCUT2D eigenvalue weighted by Gasteiger charge is 2.31. The highest BCUT2D eigenvalue weighted by atomic mass is 19.3. The molecule has 1 unspecified atom stereocenters. The van der Waals surface area contributed by atoms with E-state index in [1.54, 1.807) is 45.0 Å². The molecule has 6 heteroatoms. The summed E-state index contributed by atoms with van der Waals surface area (Å²) in [7, 11) is 0. The van der Waals surface area contributed by atoms with E-state index >= 15 is 0 Å². The van der Waals surface area contributed by atoms with Crippen molar-refractivity contribution in [1.29, 1.82) is 0 Å². The van der Waals surface area contributed by atoms with Crippen molar-refractivity contribution < 1.29 is 18.3 Å². The average molecular weight is 300 g/mol. The molecule has 21 heavy (non-hydrogen) atoms. The van der Waals surface area contributed by atoms with Crippen LogP contribution in [-0.4, -0.2) is 23.7 Å². The number of halogens is 2. The topological polar surface area (TPSA) is 64.3 Å². The molecular weight excluding hydrogens is 278 g/mol. The Hall–Kier alpha value is -1.69. The van der Waals surface area contributed by atoms with E-state index in [0.29, 0.717) is 11.3 Å². The largest absolute Gasteiger partial charge is 0.444 e. The van der Waals surface area contributed by atoms with Crippen LogP contribution in [0.15, 0.2) is 24.3 Å². The zero-order chi connectivity index (χ0) is 16.3. The Kier molecular flexibility index (Phi) is 5.28. The minimum atomic E-state index is -2.66. The number of hydrogen-bond donors (Lipinski definition) is 2. The number of ether oxygens (including phenoxy) is 1.